The second kappa shape index (κ2) is 4.19. The van der Waals surface area contributed by atoms with Gasteiger partial charge in [-0.15, -0.1) is 0 Å². The van der Waals surface area contributed by atoms with E-state index >= 15 is 0 Å². The number of nitrogens with one attached hydrogen (secondary N) is 2. The lowest BCUT2D eigenvalue weighted by molar-refractivity contribution is 0.156. The van der Waals surface area contributed by atoms with E-state index in [1.807, 2.05) is 34.3 Å². The fourth-order valence-corrected chi connectivity index (χ4v) is 3.72. The average molecular weight is 327 g/mol. The normalized spacial score (nSPS) is 27.4. The van der Waals surface area contributed by atoms with E-state index in [0.717, 1.165) is 5.69 Å². The lowest BCUT2D eigenvalue weighted by Gasteiger charge is -2.37. The van der Waals surface area contributed by atoms with Crippen LogP contribution in [-0.4, -0.2) is 26.4 Å². The molecule has 2 N–H and O–H groups in total. The van der Waals surface area contributed by atoms with Crippen LogP contribution < -0.4 is 15.6 Å². The number of fused-ring (bicyclic) bond motifs is 1. The molecule has 0 spiro atoms. The summed E-state index contributed by atoms with van der Waals surface area (Å²) in [5.74, 6) is 0. The van der Waals surface area contributed by atoms with Gasteiger partial charge in [-0.1, -0.05) is 23.7 Å². The number of nitrogens with zero attached hydrogens (tertiary/aromatic N) is 2. The second-order valence-corrected chi connectivity index (χ2v) is 6.81. The van der Waals surface area contributed by atoms with Gasteiger partial charge in [-0.05, 0) is 57.3 Å². The van der Waals surface area contributed by atoms with Crippen LogP contribution >= 0.6 is 36.0 Å². The summed E-state index contributed by atoms with van der Waals surface area (Å²) in [5, 5.41) is 12.4. The average Bonchev–Trinajstić information content (AvgIpc) is 2.70. The maximum atomic E-state index is 6.30. The molecule has 2 aliphatic rings. The summed E-state index contributed by atoms with van der Waals surface area (Å²) < 4.78 is 0. The first-order chi connectivity index (χ1) is 9.28. The van der Waals surface area contributed by atoms with Gasteiger partial charge < -0.3 is 10.6 Å². The molecular formula is C13H15ClN4S2. The van der Waals surface area contributed by atoms with Crippen molar-refractivity contribution in [2.45, 2.75) is 32.0 Å². The minimum Gasteiger partial charge on any atom is -0.352 e. The topological polar surface area (TPSA) is 30.5 Å². The van der Waals surface area contributed by atoms with E-state index in [0.29, 0.717) is 15.2 Å². The molecule has 1 unspecified atom stereocenters. The molecule has 20 heavy (non-hydrogen) atoms. The highest BCUT2D eigenvalue weighted by Crippen LogP contribution is 2.41. The minimum atomic E-state index is -0.430. The molecule has 0 aromatic heterocycles. The first-order valence-corrected chi connectivity index (χ1v) is 7.46. The second-order valence-electron chi connectivity index (χ2n) is 5.63. The van der Waals surface area contributed by atoms with Crippen molar-refractivity contribution in [3.05, 3.63) is 29.3 Å². The molecule has 2 fully saturated rings. The molecule has 1 aromatic rings. The van der Waals surface area contributed by atoms with Gasteiger partial charge >= 0.3 is 0 Å². The molecule has 106 valence electrons. The van der Waals surface area contributed by atoms with Gasteiger partial charge in [-0.25, -0.2) is 10.0 Å². The largest absolute Gasteiger partial charge is 0.352 e. The van der Waals surface area contributed by atoms with Crippen LogP contribution in [0, 0.1) is 0 Å². The van der Waals surface area contributed by atoms with Crippen LogP contribution in [0.4, 0.5) is 5.69 Å². The molecule has 0 radical (unpaired) electrons. The monoisotopic (exact) mass is 326 g/mol. The van der Waals surface area contributed by atoms with Gasteiger partial charge in [0.15, 0.2) is 15.9 Å². The summed E-state index contributed by atoms with van der Waals surface area (Å²) in [5.41, 5.74) is 0.127. The lowest BCUT2D eigenvalue weighted by Crippen LogP contribution is -2.60. The molecule has 7 heteroatoms. The van der Waals surface area contributed by atoms with Crippen LogP contribution in [0.2, 0.25) is 5.02 Å². The zero-order valence-electron chi connectivity index (χ0n) is 11.4. The number of rotatable bonds is 1. The van der Waals surface area contributed by atoms with Gasteiger partial charge in [0.25, 0.3) is 0 Å². The standard InChI is InChI=1S/C13H15ClN4S2/c1-12(2)13(3)16-10(19)17(18(13)11(20)15-12)9-7-5-4-6-8(9)14/h4-7H,1-3H3,(H,15,20)(H,16,19). The van der Waals surface area contributed by atoms with E-state index < -0.39 is 5.66 Å². The predicted molar refractivity (Wildman–Crippen MR) is 89.7 cm³/mol. The van der Waals surface area contributed by atoms with Gasteiger partial charge in [0.2, 0.25) is 0 Å². The predicted octanol–water partition coefficient (Wildman–Crippen LogP) is 2.63. The molecule has 0 amide bonds. The van der Waals surface area contributed by atoms with E-state index in [1.165, 1.54) is 0 Å². The lowest BCUT2D eigenvalue weighted by atomic mass is 9.91. The highest BCUT2D eigenvalue weighted by atomic mass is 35.5. The molecule has 0 bridgehead atoms. The van der Waals surface area contributed by atoms with E-state index in [2.05, 4.69) is 31.4 Å². The molecule has 2 aliphatic heterocycles. The first kappa shape index (κ1) is 13.9. The van der Waals surface area contributed by atoms with Crippen LogP contribution in [-0.2, 0) is 0 Å². The van der Waals surface area contributed by atoms with Crippen LogP contribution in [0.25, 0.3) is 0 Å². The summed E-state index contributed by atoms with van der Waals surface area (Å²) in [4.78, 5) is 0. The van der Waals surface area contributed by atoms with Crippen molar-refractivity contribution in [1.29, 1.82) is 0 Å². The first-order valence-electron chi connectivity index (χ1n) is 6.27. The van der Waals surface area contributed by atoms with Crippen LogP contribution in [0.3, 0.4) is 0 Å². The summed E-state index contributed by atoms with van der Waals surface area (Å²) in [6.45, 7) is 6.25. The molecular weight excluding hydrogens is 312 g/mol. The van der Waals surface area contributed by atoms with Crippen molar-refractivity contribution in [3.8, 4) is 0 Å². The Kier molecular flexibility index (Phi) is 2.90. The van der Waals surface area contributed by atoms with Gasteiger partial charge in [-0.2, -0.15) is 0 Å². The third-order valence-electron chi connectivity index (χ3n) is 4.08. The Labute approximate surface area is 134 Å². The van der Waals surface area contributed by atoms with Gasteiger partial charge in [0.1, 0.15) is 0 Å². The fraction of sp³-hybridized carbons (Fsp3) is 0.385. The molecule has 1 aromatic carbocycles. The summed E-state index contributed by atoms with van der Waals surface area (Å²) in [6.07, 6.45) is 0. The van der Waals surface area contributed by atoms with Crippen molar-refractivity contribution in [2.75, 3.05) is 5.01 Å². The van der Waals surface area contributed by atoms with Crippen LogP contribution in [0.1, 0.15) is 20.8 Å². The van der Waals surface area contributed by atoms with Crippen molar-refractivity contribution in [3.63, 3.8) is 0 Å². The molecule has 3 rings (SSSR count). The molecule has 0 saturated carbocycles. The van der Waals surface area contributed by atoms with E-state index in [4.69, 9.17) is 36.0 Å². The smallest absolute Gasteiger partial charge is 0.195 e. The zero-order chi connectivity index (χ0) is 14.7. The Morgan fingerprint density at radius 1 is 1.05 bits per heavy atom. The maximum Gasteiger partial charge on any atom is 0.195 e. The van der Waals surface area contributed by atoms with Crippen molar-refractivity contribution >= 4 is 51.9 Å². The summed E-state index contributed by atoms with van der Waals surface area (Å²) in [6, 6.07) is 7.59. The summed E-state index contributed by atoms with van der Waals surface area (Å²) in [7, 11) is 0. The van der Waals surface area contributed by atoms with Crippen LogP contribution in [0.15, 0.2) is 24.3 Å². The maximum absolute atomic E-state index is 6.30. The highest BCUT2D eigenvalue weighted by Gasteiger charge is 2.61. The van der Waals surface area contributed by atoms with Crippen molar-refractivity contribution < 1.29 is 0 Å². The quantitative estimate of drug-likeness (QED) is 0.772. The number of para-hydroxylation sites is 1. The Morgan fingerprint density at radius 2 is 1.70 bits per heavy atom. The van der Waals surface area contributed by atoms with Gasteiger partial charge in [0, 0.05) is 0 Å². The zero-order valence-corrected chi connectivity index (χ0v) is 13.8. The number of thiocarbonyl (C=S) groups is 2. The SMILES string of the molecule is CC1(C)NC(=S)N2N(c3ccccc3Cl)C(=S)NC21C. The number of hydrogen-bond acceptors (Lipinski definition) is 2. The number of halogens is 1. The summed E-state index contributed by atoms with van der Waals surface area (Å²) >= 11 is 17.3. The van der Waals surface area contributed by atoms with Crippen LogP contribution in [0.5, 0.6) is 0 Å². The Morgan fingerprint density at radius 3 is 2.35 bits per heavy atom. The van der Waals surface area contributed by atoms with Crippen molar-refractivity contribution in [2.24, 2.45) is 0 Å². The molecule has 2 saturated heterocycles. The Hall–Kier alpha value is -1.11. The number of hydrazine groups is 1. The van der Waals surface area contributed by atoms with Crippen molar-refractivity contribution in [1.82, 2.24) is 15.6 Å². The highest BCUT2D eigenvalue weighted by molar-refractivity contribution is 7.81. The molecule has 2 heterocycles. The number of hydrogen-bond donors (Lipinski definition) is 2. The minimum absolute atomic E-state index is 0.260. The van der Waals surface area contributed by atoms with E-state index in [-0.39, 0.29) is 5.54 Å². The number of anilines is 1. The number of benzene rings is 1. The van der Waals surface area contributed by atoms with E-state index in [9.17, 15) is 0 Å². The van der Waals surface area contributed by atoms with Gasteiger partial charge in [-0.3, -0.25) is 0 Å². The van der Waals surface area contributed by atoms with E-state index in [1.54, 1.807) is 0 Å². The Balaban J connectivity index is 2.13. The molecule has 1 atom stereocenters. The van der Waals surface area contributed by atoms with Gasteiger partial charge in [0.05, 0.1) is 16.2 Å². The third kappa shape index (κ3) is 1.65. The molecule has 4 nitrogen and oxygen atoms in total. The third-order valence-corrected chi connectivity index (χ3v) is 4.95. The fourth-order valence-electron chi connectivity index (χ4n) is 2.60. The Bertz CT molecular complexity index is 618. The molecule has 0 aliphatic carbocycles.